The van der Waals surface area contributed by atoms with E-state index in [1.54, 1.807) is 18.5 Å². The number of benzene rings is 1. The van der Waals surface area contributed by atoms with Crippen LogP contribution in [0.4, 0.5) is 11.5 Å². The number of hydrogen-bond acceptors (Lipinski definition) is 9. The number of H-pyrrole nitrogens is 1. The molecule has 2 aromatic heterocycles. The van der Waals surface area contributed by atoms with Gasteiger partial charge in [-0.2, -0.15) is 10.4 Å². The lowest BCUT2D eigenvalue weighted by atomic mass is 10.1. The summed E-state index contributed by atoms with van der Waals surface area (Å²) in [6, 6.07) is 11.8. The number of likely N-dealkylation sites (N-methyl/N-ethyl adjacent to an activating group) is 1. The summed E-state index contributed by atoms with van der Waals surface area (Å²) in [6.07, 6.45) is 3.75. The van der Waals surface area contributed by atoms with Crippen molar-refractivity contribution in [3.05, 3.63) is 75.3 Å². The van der Waals surface area contributed by atoms with Crippen molar-refractivity contribution in [2.24, 2.45) is 0 Å². The molecule has 1 N–H and O–H groups in total. The third kappa shape index (κ3) is 6.07. The Kier molecular flexibility index (Phi) is 8.26. The van der Waals surface area contributed by atoms with Gasteiger partial charge in [-0.15, -0.1) is 0 Å². The van der Waals surface area contributed by atoms with Gasteiger partial charge < -0.3 is 24.3 Å². The molecule has 2 aliphatic heterocycles. The van der Waals surface area contributed by atoms with Crippen LogP contribution < -0.4 is 20.1 Å². The summed E-state index contributed by atoms with van der Waals surface area (Å²) in [5.74, 6) is 1.85. The van der Waals surface area contributed by atoms with Crippen molar-refractivity contribution in [2.45, 2.75) is 26.4 Å². The summed E-state index contributed by atoms with van der Waals surface area (Å²) < 4.78 is 6.17. The molecule has 0 saturated carbocycles. The van der Waals surface area contributed by atoms with Gasteiger partial charge in [-0.3, -0.25) is 9.59 Å². The molecule has 0 radical (unpaired) electrons. The van der Waals surface area contributed by atoms with E-state index in [9.17, 15) is 9.59 Å². The molecule has 0 spiro atoms. The Morgan fingerprint density at radius 3 is 2.67 bits per heavy atom. The Morgan fingerprint density at radius 2 is 1.93 bits per heavy atom. The van der Waals surface area contributed by atoms with Crippen molar-refractivity contribution in [2.75, 3.05) is 62.7 Å². The fourth-order valence-electron chi connectivity index (χ4n) is 5.16. The summed E-state index contributed by atoms with van der Waals surface area (Å²) in [7, 11) is 2.00. The van der Waals surface area contributed by atoms with E-state index in [1.165, 1.54) is 5.56 Å². The molecule has 1 amide bonds. The summed E-state index contributed by atoms with van der Waals surface area (Å²) >= 11 is 0. The van der Waals surface area contributed by atoms with Crippen molar-refractivity contribution >= 4 is 17.4 Å². The normalized spacial score (nSPS) is 14.8. The molecule has 0 atom stereocenters. The first kappa shape index (κ1) is 27.1. The van der Waals surface area contributed by atoms with Crippen LogP contribution in [0.2, 0.25) is 0 Å². The molecule has 2 aliphatic rings. The van der Waals surface area contributed by atoms with E-state index in [-0.39, 0.29) is 11.5 Å². The van der Waals surface area contributed by atoms with E-state index in [2.05, 4.69) is 42.0 Å². The highest BCUT2D eigenvalue weighted by Gasteiger charge is 2.25. The van der Waals surface area contributed by atoms with Crippen molar-refractivity contribution < 1.29 is 9.53 Å². The number of pyridine rings is 1. The first-order valence-corrected chi connectivity index (χ1v) is 13.5. The molecule has 1 fully saturated rings. The summed E-state index contributed by atoms with van der Waals surface area (Å²) in [4.78, 5) is 37.5. The number of nitrogens with one attached hydrogen (secondary N) is 1. The van der Waals surface area contributed by atoms with Gasteiger partial charge in [-0.05, 0) is 37.7 Å². The molecular formula is C29H34N8O3. The van der Waals surface area contributed by atoms with E-state index in [1.807, 2.05) is 37.1 Å². The van der Waals surface area contributed by atoms with Crippen LogP contribution in [0.25, 0.3) is 0 Å². The highest BCUT2D eigenvalue weighted by molar-refractivity contribution is 5.76. The van der Waals surface area contributed by atoms with E-state index in [0.717, 1.165) is 35.9 Å². The SMILES string of the molecule is Cc1c(N2Cc3cccc(OCCN(C)CCC(=O)N4CCN(c5ccc(C#N)cn5)CC4)c3C2)cn[nH]c1=O. The second-order valence-electron chi connectivity index (χ2n) is 10.2. The zero-order chi connectivity index (χ0) is 28.1. The molecule has 0 unspecified atom stereocenters. The molecule has 4 heterocycles. The first-order chi connectivity index (χ1) is 19.4. The van der Waals surface area contributed by atoms with Gasteiger partial charge in [0, 0.05) is 76.1 Å². The van der Waals surface area contributed by atoms with Gasteiger partial charge in [-0.25, -0.2) is 10.1 Å². The predicted molar refractivity (Wildman–Crippen MR) is 151 cm³/mol. The van der Waals surface area contributed by atoms with Crippen molar-refractivity contribution in [1.82, 2.24) is 25.0 Å². The molecule has 0 aliphatic carbocycles. The van der Waals surface area contributed by atoms with Crippen LogP contribution in [0, 0.1) is 18.3 Å². The second-order valence-corrected chi connectivity index (χ2v) is 10.2. The Hall–Kier alpha value is -4.43. The van der Waals surface area contributed by atoms with Gasteiger partial charge in [0.05, 0.1) is 17.4 Å². The Morgan fingerprint density at radius 1 is 1.10 bits per heavy atom. The number of anilines is 2. The number of aromatic amines is 1. The molecule has 5 rings (SSSR count). The van der Waals surface area contributed by atoms with Crippen molar-refractivity contribution in [1.29, 1.82) is 5.26 Å². The number of rotatable bonds is 9. The number of hydrogen-bond donors (Lipinski definition) is 1. The molecule has 208 valence electrons. The fraction of sp³-hybridized carbons (Fsp3) is 0.414. The first-order valence-electron chi connectivity index (χ1n) is 13.5. The fourth-order valence-corrected chi connectivity index (χ4v) is 5.16. The summed E-state index contributed by atoms with van der Waals surface area (Å²) in [5, 5.41) is 15.4. The minimum absolute atomic E-state index is 0.158. The van der Waals surface area contributed by atoms with Crippen molar-refractivity contribution in [3.8, 4) is 11.8 Å². The Bertz CT molecular complexity index is 1440. The summed E-state index contributed by atoms with van der Waals surface area (Å²) in [5.41, 5.74) is 4.19. The molecule has 3 aromatic rings. The average molecular weight is 543 g/mol. The number of carbonyl (C=O) groups excluding carboxylic acids is 1. The third-order valence-electron chi connectivity index (χ3n) is 7.63. The second kappa shape index (κ2) is 12.2. The van der Waals surface area contributed by atoms with Gasteiger partial charge in [0.25, 0.3) is 5.56 Å². The number of ether oxygens (including phenoxy) is 1. The van der Waals surface area contributed by atoms with E-state index in [4.69, 9.17) is 10.00 Å². The van der Waals surface area contributed by atoms with Crippen LogP contribution in [-0.4, -0.2) is 83.8 Å². The molecule has 1 saturated heterocycles. The highest BCUT2D eigenvalue weighted by Crippen LogP contribution is 2.34. The number of fused-ring (bicyclic) bond motifs is 1. The molecule has 40 heavy (non-hydrogen) atoms. The van der Waals surface area contributed by atoms with Gasteiger partial charge in [0.15, 0.2) is 0 Å². The zero-order valence-corrected chi connectivity index (χ0v) is 23.0. The number of amides is 1. The van der Waals surface area contributed by atoms with Gasteiger partial charge in [0.2, 0.25) is 5.91 Å². The largest absolute Gasteiger partial charge is 0.492 e. The zero-order valence-electron chi connectivity index (χ0n) is 23.0. The maximum atomic E-state index is 12.8. The Balaban J connectivity index is 1.05. The minimum Gasteiger partial charge on any atom is -0.492 e. The molecular weight excluding hydrogens is 508 g/mol. The van der Waals surface area contributed by atoms with Gasteiger partial charge in [-0.1, -0.05) is 12.1 Å². The molecule has 11 heteroatoms. The van der Waals surface area contributed by atoms with Crippen LogP contribution in [0.5, 0.6) is 5.75 Å². The van der Waals surface area contributed by atoms with Gasteiger partial charge >= 0.3 is 0 Å². The van der Waals surface area contributed by atoms with E-state index >= 15 is 0 Å². The lowest BCUT2D eigenvalue weighted by molar-refractivity contribution is -0.131. The van der Waals surface area contributed by atoms with Crippen LogP contribution in [0.15, 0.2) is 47.5 Å². The maximum absolute atomic E-state index is 12.8. The van der Waals surface area contributed by atoms with Crippen LogP contribution >= 0.6 is 0 Å². The van der Waals surface area contributed by atoms with Crippen molar-refractivity contribution in [3.63, 3.8) is 0 Å². The number of piperazine rings is 1. The quantitative estimate of drug-likeness (QED) is 0.432. The third-order valence-corrected chi connectivity index (χ3v) is 7.63. The van der Waals surface area contributed by atoms with Crippen LogP contribution in [-0.2, 0) is 17.9 Å². The van der Waals surface area contributed by atoms with E-state index in [0.29, 0.717) is 63.4 Å². The summed E-state index contributed by atoms with van der Waals surface area (Å²) in [6.45, 7) is 7.84. The topological polar surface area (TPSA) is 122 Å². The Labute approximate surface area is 233 Å². The molecule has 1 aromatic carbocycles. The highest BCUT2D eigenvalue weighted by atomic mass is 16.5. The van der Waals surface area contributed by atoms with Crippen LogP contribution in [0.1, 0.15) is 28.7 Å². The number of nitriles is 1. The van der Waals surface area contributed by atoms with Gasteiger partial charge in [0.1, 0.15) is 24.2 Å². The molecule has 0 bridgehead atoms. The molecule has 11 nitrogen and oxygen atoms in total. The number of carbonyl (C=O) groups is 1. The maximum Gasteiger partial charge on any atom is 0.269 e. The lowest BCUT2D eigenvalue weighted by Crippen LogP contribution is -2.49. The number of nitrogens with zero attached hydrogens (tertiary/aromatic N) is 7. The predicted octanol–water partition coefficient (Wildman–Crippen LogP) is 1.91. The lowest BCUT2D eigenvalue weighted by Gasteiger charge is -2.35. The minimum atomic E-state index is -0.172. The smallest absolute Gasteiger partial charge is 0.269 e. The standard InChI is InChI=1S/C29H34N8O3/c1-21-25(18-32-33-29(21)39)37-19-23-4-3-5-26(24(23)20-37)40-15-14-34(2)9-8-28(38)36-12-10-35(11-13-36)27-7-6-22(16-30)17-31-27/h3-7,17-18H,8-15,19-20H2,1-2H3,(H,33,39). The van der Waals surface area contributed by atoms with Crippen LogP contribution in [0.3, 0.4) is 0 Å². The monoisotopic (exact) mass is 542 g/mol. The average Bonchev–Trinajstić information content (AvgIpc) is 3.42. The van der Waals surface area contributed by atoms with E-state index < -0.39 is 0 Å². The number of aromatic nitrogens is 3.